The average molecular weight is 161 g/mol. The Labute approximate surface area is 68.5 Å². The maximum absolute atomic E-state index is 7.13. The molecule has 0 fully saturated rings. The van der Waals surface area contributed by atoms with Crippen LogP contribution in [0.2, 0.25) is 0 Å². The molecule has 0 saturated carbocycles. The molecule has 0 unspecified atom stereocenters. The number of nitrogen functional groups attached to an aromatic ring is 1. The number of furan rings is 1. The van der Waals surface area contributed by atoms with Crippen LogP contribution in [0.3, 0.4) is 0 Å². The number of hydrogen-bond donors (Lipinski definition) is 2. The smallest absolute Gasteiger partial charge is 0.169 e. The van der Waals surface area contributed by atoms with Crippen molar-refractivity contribution in [3.63, 3.8) is 0 Å². The molecule has 0 radical (unpaired) electrons. The molecule has 0 aliphatic heterocycles. The van der Waals surface area contributed by atoms with E-state index in [1.807, 2.05) is 0 Å². The Kier molecular flexibility index (Phi) is 1.33. The molecule has 0 saturated heterocycles. The van der Waals surface area contributed by atoms with Crippen LogP contribution in [0.5, 0.6) is 0 Å². The molecule has 12 heavy (non-hydrogen) atoms. The average Bonchev–Trinajstić information content (AvgIpc) is 2.46. The lowest BCUT2D eigenvalue weighted by atomic mass is 10.3. The largest absolute Gasteiger partial charge is 0.453 e. The highest BCUT2D eigenvalue weighted by Gasteiger charge is 2.04. The third-order valence-corrected chi connectivity index (χ3v) is 1.58. The molecule has 60 valence electrons. The third-order valence-electron chi connectivity index (χ3n) is 1.58. The Hall–Kier alpha value is -1.84. The number of fused-ring (bicyclic) bond motifs is 1. The highest BCUT2D eigenvalue weighted by molar-refractivity contribution is 5.96. The summed E-state index contributed by atoms with van der Waals surface area (Å²) in [5.74, 6) is 0.323. The molecule has 3 N–H and O–H groups in total. The van der Waals surface area contributed by atoms with Crippen LogP contribution in [0.25, 0.3) is 11.0 Å². The number of aromatic nitrogens is 1. The van der Waals surface area contributed by atoms with E-state index in [2.05, 4.69) is 4.98 Å². The zero-order valence-electron chi connectivity index (χ0n) is 6.24. The van der Waals surface area contributed by atoms with E-state index in [9.17, 15) is 0 Å². The number of amidine groups is 1. The quantitative estimate of drug-likeness (QED) is 0.486. The number of nitrogens with two attached hydrogens (primary N) is 1. The normalized spacial score (nSPS) is 10.3. The van der Waals surface area contributed by atoms with Gasteiger partial charge in [0, 0.05) is 17.8 Å². The van der Waals surface area contributed by atoms with Crippen LogP contribution < -0.4 is 5.73 Å². The molecule has 4 heteroatoms. The van der Waals surface area contributed by atoms with Gasteiger partial charge in [0.25, 0.3) is 0 Å². The molecule has 0 spiro atoms. The fourth-order valence-corrected chi connectivity index (χ4v) is 1.02. The summed E-state index contributed by atoms with van der Waals surface area (Å²) < 4.78 is 5.24. The molecule has 0 amide bonds. The van der Waals surface area contributed by atoms with Crippen molar-refractivity contribution in [3.8, 4) is 0 Å². The van der Waals surface area contributed by atoms with Gasteiger partial charge in [0.2, 0.25) is 0 Å². The van der Waals surface area contributed by atoms with Gasteiger partial charge < -0.3 is 10.2 Å². The zero-order valence-corrected chi connectivity index (χ0v) is 6.24. The fraction of sp³-hybridized carbons (Fsp3) is 0. The second-order valence-corrected chi connectivity index (χ2v) is 2.44. The molecular formula is C8H7N3O. The molecular weight excluding hydrogens is 154 g/mol. The van der Waals surface area contributed by atoms with Crippen molar-refractivity contribution < 1.29 is 4.42 Å². The second kappa shape index (κ2) is 2.34. The lowest BCUT2D eigenvalue weighted by Gasteiger charge is -1.86. The summed E-state index contributed by atoms with van der Waals surface area (Å²) >= 11 is 0. The van der Waals surface area contributed by atoms with Gasteiger partial charge in [0.1, 0.15) is 5.58 Å². The van der Waals surface area contributed by atoms with Crippen molar-refractivity contribution in [2.75, 3.05) is 0 Å². The number of nitrogens with zero attached hydrogens (tertiary/aromatic N) is 1. The van der Waals surface area contributed by atoms with Gasteiger partial charge in [-0.15, -0.1) is 0 Å². The Morgan fingerprint density at radius 3 is 3.08 bits per heavy atom. The minimum atomic E-state index is -0.0637. The van der Waals surface area contributed by atoms with Crippen LogP contribution in [0.4, 0.5) is 0 Å². The zero-order chi connectivity index (χ0) is 8.55. The van der Waals surface area contributed by atoms with Crippen molar-refractivity contribution in [3.05, 3.63) is 30.3 Å². The van der Waals surface area contributed by atoms with Crippen molar-refractivity contribution in [2.24, 2.45) is 5.73 Å². The van der Waals surface area contributed by atoms with Crippen molar-refractivity contribution in [1.29, 1.82) is 5.41 Å². The van der Waals surface area contributed by atoms with Crippen molar-refractivity contribution in [2.45, 2.75) is 0 Å². The standard InChI is InChI=1S/C8H7N3O/c9-8(10)7-3-5-4-11-2-1-6(5)12-7/h1-4H,(H3,9,10). The van der Waals surface area contributed by atoms with Gasteiger partial charge in [0.05, 0.1) is 0 Å². The van der Waals surface area contributed by atoms with Gasteiger partial charge in [-0.1, -0.05) is 0 Å². The summed E-state index contributed by atoms with van der Waals surface area (Å²) in [6, 6.07) is 3.44. The predicted molar refractivity (Wildman–Crippen MR) is 45.0 cm³/mol. The minimum absolute atomic E-state index is 0.0637. The van der Waals surface area contributed by atoms with Gasteiger partial charge in [-0.3, -0.25) is 10.4 Å². The molecule has 2 aromatic rings. The van der Waals surface area contributed by atoms with Crippen LogP contribution in [0, 0.1) is 5.41 Å². The van der Waals surface area contributed by atoms with E-state index in [0.29, 0.717) is 11.3 Å². The van der Waals surface area contributed by atoms with E-state index in [0.717, 1.165) is 5.39 Å². The first-order valence-electron chi connectivity index (χ1n) is 3.45. The van der Waals surface area contributed by atoms with Crippen LogP contribution in [-0.4, -0.2) is 10.8 Å². The summed E-state index contributed by atoms with van der Waals surface area (Å²) in [5.41, 5.74) is 5.95. The van der Waals surface area contributed by atoms with Gasteiger partial charge in [-0.2, -0.15) is 0 Å². The third kappa shape index (κ3) is 0.934. The molecule has 2 rings (SSSR count). The van der Waals surface area contributed by atoms with Crippen LogP contribution in [-0.2, 0) is 0 Å². The van der Waals surface area contributed by atoms with Gasteiger partial charge in [0.15, 0.2) is 11.6 Å². The topological polar surface area (TPSA) is 75.9 Å². The highest BCUT2D eigenvalue weighted by Crippen LogP contribution is 2.16. The van der Waals surface area contributed by atoms with Crippen LogP contribution in [0.15, 0.2) is 28.9 Å². The number of nitrogens with one attached hydrogen (secondary N) is 1. The molecule has 2 aromatic heterocycles. The van der Waals surface area contributed by atoms with Crippen molar-refractivity contribution in [1.82, 2.24) is 4.98 Å². The number of rotatable bonds is 1. The maximum atomic E-state index is 7.13. The fourth-order valence-electron chi connectivity index (χ4n) is 1.02. The summed E-state index contributed by atoms with van der Waals surface area (Å²) in [7, 11) is 0. The van der Waals surface area contributed by atoms with Crippen LogP contribution in [0.1, 0.15) is 5.76 Å². The Morgan fingerprint density at radius 1 is 1.58 bits per heavy atom. The van der Waals surface area contributed by atoms with Gasteiger partial charge in [-0.05, 0) is 12.1 Å². The van der Waals surface area contributed by atoms with E-state index in [-0.39, 0.29) is 5.84 Å². The molecule has 0 aliphatic carbocycles. The summed E-state index contributed by atoms with van der Waals surface area (Å²) in [6.07, 6.45) is 3.31. The minimum Gasteiger partial charge on any atom is -0.453 e. The van der Waals surface area contributed by atoms with Gasteiger partial charge >= 0.3 is 0 Å². The molecule has 4 nitrogen and oxygen atoms in total. The second-order valence-electron chi connectivity index (χ2n) is 2.44. The highest BCUT2D eigenvalue weighted by atomic mass is 16.3. The maximum Gasteiger partial charge on any atom is 0.169 e. The molecule has 0 aliphatic rings. The first kappa shape index (κ1) is 6.84. The molecule has 2 heterocycles. The van der Waals surface area contributed by atoms with Crippen LogP contribution >= 0.6 is 0 Å². The first-order chi connectivity index (χ1) is 5.77. The molecule has 0 aromatic carbocycles. The molecule has 0 atom stereocenters. The Balaban J connectivity index is 2.70. The van der Waals surface area contributed by atoms with E-state index >= 15 is 0 Å². The van der Waals surface area contributed by atoms with E-state index < -0.39 is 0 Å². The Morgan fingerprint density at radius 2 is 2.42 bits per heavy atom. The molecule has 0 bridgehead atoms. The lowest BCUT2D eigenvalue weighted by molar-refractivity contribution is 0.603. The SMILES string of the molecule is N=C(N)c1cc2cnccc2o1. The van der Waals surface area contributed by atoms with E-state index in [1.54, 1.807) is 24.5 Å². The Bertz CT molecular complexity index is 400. The predicted octanol–water partition coefficient (Wildman–Crippen LogP) is 1.11. The summed E-state index contributed by atoms with van der Waals surface area (Å²) in [6.45, 7) is 0. The monoisotopic (exact) mass is 161 g/mol. The van der Waals surface area contributed by atoms with Crippen molar-refractivity contribution >= 4 is 16.8 Å². The first-order valence-corrected chi connectivity index (χ1v) is 3.45. The summed E-state index contributed by atoms with van der Waals surface area (Å²) in [4.78, 5) is 3.91. The lowest BCUT2D eigenvalue weighted by Crippen LogP contribution is -2.09. The van der Waals surface area contributed by atoms with Gasteiger partial charge in [-0.25, -0.2) is 0 Å². The van der Waals surface area contributed by atoms with E-state index in [1.165, 1.54) is 0 Å². The number of hydrogen-bond acceptors (Lipinski definition) is 3. The summed E-state index contributed by atoms with van der Waals surface area (Å²) in [5, 5.41) is 8.00. The number of pyridine rings is 1. The van der Waals surface area contributed by atoms with E-state index in [4.69, 9.17) is 15.6 Å².